The molecule has 3 aromatic rings. The Morgan fingerprint density at radius 2 is 1.62 bits per heavy atom. The average molecular weight is 498 g/mol. The molecule has 1 radical (unpaired) electrons. The van der Waals surface area contributed by atoms with Crippen LogP contribution in [0, 0.1) is 25.2 Å². The molecule has 2 fully saturated rings. The maximum absolute atomic E-state index is 13.5. The number of anilines is 1. The van der Waals surface area contributed by atoms with E-state index in [1.807, 2.05) is 41.3 Å². The van der Waals surface area contributed by atoms with Gasteiger partial charge in [0.15, 0.2) is 0 Å². The van der Waals surface area contributed by atoms with Gasteiger partial charge in [-0.2, -0.15) is 0 Å². The van der Waals surface area contributed by atoms with Crippen LogP contribution in [0.5, 0.6) is 0 Å². The fourth-order valence-electron chi connectivity index (χ4n) is 5.46. The lowest BCUT2D eigenvalue weighted by atomic mass is 10.0. The number of nitrogens with one attached hydrogen (secondary N) is 1. The van der Waals surface area contributed by atoms with Gasteiger partial charge in [-0.05, 0) is 49.3 Å². The molecule has 3 N–H and O–H groups in total. The molecular weight excluding hydrogens is 464 g/mol. The van der Waals surface area contributed by atoms with E-state index in [0.717, 1.165) is 31.6 Å². The Kier molecular flexibility index (Phi) is 7.46. The Morgan fingerprint density at radius 1 is 0.973 bits per heavy atom. The van der Waals surface area contributed by atoms with Gasteiger partial charge < -0.3 is 20.9 Å². The van der Waals surface area contributed by atoms with E-state index in [1.54, 1.807) is 6.92 Å². The number of likely N-dealkylation sites (tertiary alicyclic amines) is 2. The number of primary amides is 1. The van der Waals surface area contributed by atoms with Crippen LogP contribution in [0.3, 0.4) is 0 Å². The zero-order valence-electron chi connectivity index (χ0n) is 21.1. The molecule has 8 heteroatoms. The van der Waals surface area contributed by atoms with Gasteiger partial charge in [0.2, 0.25) is 5.95 Å². The smallest absolute Gasteiger partial charge is 0.268 e. The summed E-state index contributed by atoms with van der Waals surface area (Å²) in [5.74, 6) is 0.223. The largest absolute Gasteiger partial charge is 0.364 e. The fraction of sp³-hybridized carbons (Fsp3) is 0.345. The lowest BCUT2D eigenvalue weighted by Gasteiger charge is -2.23. The standard InChI is InChI=1S/C29H33N6O2/c1-20-25(26(27(30)36)33-29(32-20)31-15-22-11-6-3-7-12-22)28(37)35-18-23-16-34(17-24(23)19-35)14-8-13-21-9-4-2-5-10-21/h2-7,9-13,23-24H,8,14-19H2,1H3,(H2,30,36)(H,31,32,33)/t23-,24?/m0/s1. The minimum absolute atomic E-state index is 0.0248. The van der Waals surface area contributed by atoms with Crippen LogP contribution in [-0.4, -0.2) is 64.3 Å². The molecule has 0 aliphatic carbocycles. The number of benzene rings is 2. The van der Waals surface area contributed by atoms with Gasteiger partial charge in [-0.15, -0.1) is 0 Å². The zero-order chi connectivity index (χ0) is 25.8. The van der Waals surface area contributed by atoms with Crippen molar-refractivity contribution in [2.24, 2.45) is 17.6 Å². The highest BCUT2D eigenvalue weighted by molar-refractivity contribution is 6.06. The number of carbonyl (C=O) groups is 2. The third kappa shape index (κ3) is 5.80. The van der Waals surface area contributed by atoms with Gasteiger partial charge in [0.25, 0.3) is 11.8 Å². The van der Waals surface area contributed by atoms with Crippen molar-refractivity contribution in [3.8, 4) is 0 Å². The van der Waals surface area contributed by atoms with E-state index in [-0.39, 0.29) is 23.1 Å². The molecule has 2 aromatic carbocycles. The van der Waals surface area contributed by atoms with E-state index in [9.17, 15) is 9.59 Å². The lowest BCUT2D eigenvalue weighted by molar-refractivity contribution is 0.0766. The lowest BCUT2D eigenvalue weighted by Crippen LogP contribution is -2.35. The summed E-state index contributed by atoms with van der Waals surface area (Å²) in [6, 6.07) is 20.2. The molecule has 0 spiro atoms. The number of hydrogen-bond acceptors (Lipinski definition) is 6. The topological polar surface area (TPSA) is 104 Å². The van der Waals surface area contributed by atoms with Crippen LogP contribution in [0.25, 0.3) is 0 Å². The predicted octanol–water partition coefficient (Wildman–Crippen LogP) is 3.14. The molecule has 1 aromatic heterocycles. The average Bonchev–Trinajstić information content (AvgIpc) is 3.47. The van der Waals surface area contributed by atoms with E-state index in [4.69, 9.17) is 5.73 Å². The van der Waals surface area contributed by atoms with Gasteiger partial charge in [-0.1, -0.05) is 60.7 Å². The van der Waals surface area contributed by atoms with Crippen LogP contribution >= 0.6 is 0 Å². The summed E-state index contributed by atoms with van der Waals surface area (Å²) in [6.45, 7) is 6.57. The van der Waals surface area contributed by atoms with Crippen LogP contribution in [0.4, 0.5) is 5.95 Å². The highest BCUT2D eigenvalue weighted by atomic mass is 16.2. The third-order valence-corrected chi connectivity index (χ3v) is 7.30. The number of fused-ring (bicyclic) bond motifs is 1. The molecule has 2 atom stereocenters. The minimum Gasteiger partial charge on any atom is -0.364 e. The van der Waals surface area contributed by atoms with Gasteiger partial charge in [0.1, 0.15) is 5.69 Å². The molecular formula is C29H33N6O2. The Labute approximate surface area is 217 Å². The van der Waals surface area contributed by atoms with Crippen LogP contribution in [0.1, 0.15) is 44.1 Å². The molecule has 2 amide bonds. The van der Waals surface area contributed by atoms with Gasteiger partial charge >= 0.3 is 0 Å². The number of hydrogen-bond donors (Lipinski definition) is 2. The number of aryl methyl sites for hydroxylation is 1. The van der Waals surface area contributed by atoms with Gasteiger partial charge in [0.05, 0.1) is 11.3 Å². The molecule has 3 heterocycles. The first kappa shape index (κ1) is 24.9. The van der Waals surface area contributed by atoms with Crippen molar-refractivity contribution in [1.29, 1.82) is 0 Å². The molecule has 191 valence electrons. The summed E-state index contributed by atoms with van der Waals surface area (Å²) in [4.78, 5) is 39.0. The zero-order valence-corrected chi connectivity index (χ0v) is 21.1. The van der Waals surface area contributed by atoms with Crippen molar-refractivity contribution in [2.75, 3.05) is 38.0 Å². The molecule has 2 aliphatic rings. The highest BCUT2D eigenvalue weighted by Gasteiger charge is 2.42. The van der Waals surface area contributed by atoms with Crippen LogP contribution in [0.15, 0.2) is 60.7 Å². The summed E-state index contributed by atoms with van der Waals surface area (Å²) < 4.78 is 0. The number of rotatable bonds is 9. The second-order valence-corrected chi connectivity index (χ2v) is 9.95. The van der Waals surface area contributed by atoms with Crippen molar-refractivity contribution in [3.05, 3.63) is 95.2 Å². The molecule has 0 bridgehead atoms. The SMILES string of the molecule is Cc1nc(NCc2ccccc2)nc(C(N)=O)c1C(=O)N1CC2CN(CC[CH]c3ccccc3)C[C@H]2C1. The van der Waals surface area contributed by atoms with E-state index in [1.165, 1.54) is 5.56 Å². The normalized spacial score (nSPS) is 19.1. The number of aromatic nitrogens is 2. The molecule has 5 rings (SSSR count). The van der Waals surface area contributed by atoms with E-state index < -0.39 is 5.91 Å². The first-order valence-corrected chi connectivity index (χ1v) is 12.8. The summed E-state index contributed by atoms with van der Waals surface area (Å²) in [5.41, 5.74) is 8.61. The fourth-order valence-corrected chi connectivity index (χ4v) is 5.46. The Morgan fingerprint density at radius 3 is 2.27 bits per heavy atom. The summed E-state index contributed by atoms with van der Waals surface area (Å²) in [7, 11) is 0. The summed E-state index contributed by atoms with van der Waals surface area (Å²) >= 11 is 0. The van der Waals surface area contributed by atoms with Crippen LogP contribution in [-0.2, 0) is 6.54 Å². The highest BCUT2D eigenvalue weighted by Crippen LogP contribution is 2.32. The predicted molar refractivity (Wildman–Crippen MR) is 143 cm³/mol. The van der Waals surface area contributed by atoms with Crippen molar-refractivity contribution >= 4 is 17.8 Å². The second kappa shape index (κ2) is 11.1. The van der Waals surface area contributed by atoms with E-state index >= 15 is 0 Å². The maximum Gasteiger partial charge on any atom is 0.268 e. The summed E-state index contributed by atoms with van der Waals surface area (Å²) in [5, 5.41) is 3.13. The quantitative estimate of drug-likeness (QED) is 0.471. The minimum atomic E-state index is -0.725. The number of carbonyl (C=O) groups excluding carboxylic acids is 2. The van der Waals surface area contributed by atoms with Crippen LogP contribution < -0.4 is 11.1 Å². The summed E-state index contributed by atoms with van der Waals surface area (Å²) in [6.07, 6.45) is 3.28. The monoisotopic (exact) mass is 497 g/mol. The van der Waals surface area contributed by atoms with Gasteiger partial charge in [0, 0.05) is 32.7 Å². The maximum atomic E-state index is 13.5. The van der Waals surface area contributed by atoms with Crippen LogP contribution in [0.2, 0.25) is 0 Å². The van der Waals surface area contributed by atoms with Crippen molar-refractivity contribution in [2.45, 2.75) is 19.9 Å². The van der Waals surface area contributed by atoms with E-state index in [2.05, 4.69) is 50.9 Å². The molecule has 2 saturated heterocycles. The number of amides is 2. The van der Waals surface area contributed by atoms with Crippen molar-refractivity contribution in [3.63, 3.8) is 0 Å². The Hall–Kier alpha value is -3.78. The van der Waals surface area contributed by atoms with Gasteiger partial charge in [-0.25, -0.2) is 9.97 Å². The van der Waals surface area contributed by atoms with Gasteiger partial charge in [-0.3, -0.25) is 9.59 Å². The van der Waals surface area contributed by atoms with Crippen molar-refractivity contribution < 1.29 is 9.59 Å². The Bertz CT molecular complexity index is 1240. The molecule has 1 unspecified atom stereocenters. The molecule has 0 saturated carbocycles. The van der Waals surface area contributed by atoms with Crippen molar-refractivity contribution in [1.82, 2.24) is 19.8 Å². The molecule has 8 nitrogen and oxygen atoms in total. The first-order valence-electron chi connectivity index (χ1n) is 12.8. The number of nitrogens with zero attached hydrogens (tertiary/aromatic N) is 4. The molecule has 2 aliphatic heterocycles. The number of nitrogens with two attached hydrogens (primary N) is 1. The first-order chi connectivity index (χ1) is 18.0. The Balaban J connectivity index is 1.19. The second-order valence-electron chi connectivity index (χ2n) is 9.95. The van der Waals surface area contributed by atoms with E-state index in [0.29, 0.717) is 37.2 Å². The molecule has 37 heavy (non-hydrogen) atoms. The third-order valence-electron chi connectivity index (χ3n) is 7.30.